The third-order valence-electron chi connectivity index (χ3n) is 6.12. The van der Waals surface area contributed by atoms with Crippen LogP contribution in [0.4, 0.5) is 0 Å². The molecule has 0 aliphatic heterocycles. The van der Waals surface area contributed by atoms with E-state index in [4.69, 9.17) is 28.4 Å². The molecule has 40 heavy (non-hydrogen) atoms. The van der Waals surface area contributed by atoms with Crippen LogP contribution in [-0.4, -0.2) is 58.6 Å². The van der Waals surface area contributed by atoms with Gasteiger partial charge in [0.05, 0.1) is 39.6 Å². The van der Waals surface area contributed by atoms with Gasteiger partial charge < -0.3 is 28.4 Å². The first kappa shape index (κ1) is 27.9. The summed E-state index contributed by atoms with van der Waals surface area (Å²) in [6.07, 6.45) is -0.981. The van der Waals surface area contributed by atoms with Gasteiger partial charge in [-0.25, -0.2) is 19.2 Å². The topological polar surface area (TPSA) is 124 Å². The minimum absolute atomic E-state index is 0.106. The van der Waals surface area contributed by atoms with Gasteiger partial charge in [0.2, 0.25) is 6.29 Å². The second-order valence-corrected chi connectivity index (χ2v) is 8.59. The van der Waals surface area contributed by atoms with Gasteiger partial charge in [0.15, 0.2) is 0 Å². The number of esters is 4. The van der Waals surface area contributed by atoms with Crippen molar-refractivity contribution in [2.45, 2.75) is 13.2 Å². The Morgan fingerprint density at radius 3 is 1.23 bits per heavy atom. The lowest BCUT2D eigenvalue weighted by atomic mass is 10.0. The lowest BCUT2D eigenvalue weighted by Crippen LogP contribution is -2.22. The van der Waals surface area contributed by atoms with Gasteiger partial charge in [0.25, 0.3) is 0 Å². The van der Waals surface area contributed by atoms with Gasteiger partial charge in [-0.1, -0.05) is 12.1 Å². The maximum atomic E-state index is 12.6. The van der Waals surface area contributed by atoms with Gasteiger partial charge >= 0.3 is 23.9 Å². The first-order valence-corrected chi connectivity index (χ1v) is 12.0. The molecule has 0 atom stereocenters. The number of ether oxygens (including phenoxy) is 6. The van der Waals surface area contributed by atoms with Crippen LogP contribution in [0, 0.1) is 0 Å². The zero-order chi connectivity index (χ0) is 29.0. The molecule has 4 rings (SSSR count). The summed E-state index contributed by atoms with van der Waals surface area (Å²) in [5.41, 5.74) is 0.854. The van der Waals surface area contributed by atoms with Crippen LogP contribution in [-0.2, 0) is 18.9 Å². The lowest BCUT2D eigenvalue weighted by Gasteiger charge is -2.20. The summed E-state index contributed by atoms with van der Waals surface area (Å²) < 4.78 is 31.4. The van der Waals surface area contributed by atoms with E-state index in [1.54, 1.807) is 67.6 Å². The molecule has 0 N–H and O–H groups in total. The van der Waals surface area contributed by atoms with Crippen molar-refractivity contribution in [3.63, 3.8) is 0 Å². The van der Waals surface area contributed by atoms with Crippen molar-refractivity contribution in [1.29, 1.82) is 0 Å². The molecule has 4 aromatic carbocycles. The van der Waals surface area contributed by atoms with Gasteiger partial charge in [-0.05, 0) is 70.1 Å². The minimum atomic E-state index is -0.981. The first-order chi connectivity index (χ1) is 19.2. The standard InChI is InChI=1S/C30H26O10/c1-16(39-25-14-17-6-8-19(27(31)35-2)10-21(17)12-23(25)29(33)37-4)40-26-15-18-7-9-20(28(32)36-3)11-22(18)13-24(26)30(34)38-5/h6-16H,1-5H3. The fourth-order valence-corrected chi connectivity index (χ4v) is 4.16. The van der Waals surface area contributed by atoms with Crippen LogP contribution in [0.2, 0.25) is 0 Å². The Kier molecular flexibility index (Phi) is 8.18. The van der Waals surface area contributed by atoms with Gasteiger partial charge in [0, 0.05) is 6.92 Å². The second kappa shape index (κ2) is 11.7. The molecule has 206 valence electrons. The van der Waals surface area contributed by atoms with Crippen molar-refractivity contribution in [3.05, 3.63) is 82.9 Å². The van der Waals surface area contributed by atoms with Crippen molar-refractivity contribution in [1.82, 2.24) is 0 Å². The predicted molar refractivity (Wildman–Crippen MR) is 144 cm³/mol. The summed E-state index contributed by atoms with van der Waals surface area (Å²) in [6.45, 7) is 1.59. The summed E-state index contributed by atoms with van der Waals surface area (Å²) in [5, 5.41) is 2.56. The first-order valence-electron chi connectivity index (χ1n) is 12.0. The van der Waals surface area contributed by atoms with Crippen LogP contribution < -0.4 is 9.47 Å². The smallest absolute Gasteiger partial charge is 0.341 e. The third-order valence-corrected chi connectivity index (χ3v) is 6.12. The molecule has 0 fully saturated rings. The number of fused-ring (bicyclic) bond motifs is 2. The molecule has 0 amide bonds. The molecule has 4 aromatic rings. The molecule has 0 aliphatic rings. The highest BCUT2D eigenvalue weighted by Gasteiger charge is 2.21. The van der Waals surface area contributed by atoms with E-state index in [0.717, 1.165) is 0 Å². The summed E-state index contributed by atoms with van der Waals surface area (Å²) in [6, 6.07) is 16.1. The third kappa shape index (κ3) is 5.65. The number of hydrogen-bond donors (Lipinski definition) is 0. The van der Waals surface area contributed by atoms with E-state index in [1.165, 1.54) is 28.4 Å². The number of rotatable bonds is 8. The number of hydrogen-bond acceptors (Lipinski definition) is 10. The van der Waals surface area contributed by atoms with Gasteiger partial charge in [-0.2, -0.15) is 0 Å². The van der Waals surface area contributed by atoms with Gasteiger partial charge in [0.1, 0.15) is 22.6 Å². The van der Waals surface area contributed by atoms with E-state index in [-0.39, 0.29) is 22.6 Å². The molecule has 0 unspecified atom stereocenters. The molecule has 0 radical (unpaired) electrons. The lowest BCUT2D eigenvalue weighted by molar-refractivity contribution is 0.0192. The number of methoxy groups -OCH3 is 4. The summed E-state index contributed by atoms with van der Waals surface area (Å²) in [4.78, 5) is 49.1. The number of carbonyl (C=O) groups is 4. The molecule has 0 heterocycles. The van der Waals surface area contributed by atoms with Gasteiger partial charge in [-0.3, -0.25) is 0 Å². The largest absolute Gasteiger partial charge is 0.465 e. The molecular weight excluding hydrogens is 520 g/mol. The minimum Gasteiger partial charge on any atom is -0.465 e. The van der Waals surface area contributed by atoms with E-state index >= 15 is 0 Å². The molecule has 0 spiro atoms. The monoisotopic (exact) mass is 546 g/mol. The van der Waals surface area contributed by atoms with Crippen LogP contribution in [0.5, 0.6) is 11.5 Å². The molecule has 0 aliphatic carbocycles. The zero-order valence-corrected chi connectivity index (χ0v) is 22.4. The van der Waals surface area contributed by atoms with Crippen molar-refractivity contribution in [2.75, 3.05) is 28.4 Å². The van der Waals surface area contributed by atoms with E-state index in [1.807, 2.05) is 0 Å². The van der Waals surface area contributed by atoms with Crippen LogP contribution in [0.15, 0.2) is 60.7 Å². The summed E-state index contributed by atoms with van der Waals surface area (Å²) >= 11 is 0. The SMILES string of the molecule is COC(=O)c1ccc2cc(OC(C)Oc3cc4ccc(C(=O)OC)cc4cc3C(=O)OC)c(C(=O)OC)cc2c1. The Balaban J connectivity index is 1.70. The van der Waals surface area contributed by atoms with E-state index in [9.17, 15) is 19.2 Å². The van der Waals surface area contributed by atoms with Crippen molar-refractivity contribution < 1.29 is 47.6 Å². The summed E-state index contributed by atoms with van der Waals surface area (Å²) in [5.74, 6) is -2.00. The molecule has 0 bridgehead atoms. The Bertz CT molecular complexity index is 1520. The Morgan fingerprint density at radius 2 is 0.875 bits per heavy atom. The Labute approximate surface area is 229 Å². The highest BCUT2D eigenvalue weighted by atomic mass is 16.7. The Morgan fingerprint density at radius 1 is 0.500 bits per heavy atom. The van der Waals surface area contributed by atoms with Crippen LogP contribution in [0.1, 0.15) is 48.4 Å². The van der Waals surface area contributed by atoms with E-state index in [2.05, 4.69) is 0 Å². The van der Waals surface area contributed by atoms with E-state index < -0.39 is 30.2 Å². The average molecular weight is 547 g/mol. The summed E-state index contributed by atoms with van der Waals surface area (Å²) in [7, 11) is 5.05. The van der Waals surface area contributed by atoms with Crippen LogP contribution >= 0.6 is 0 Å². The molecule has 10 heteroatoms. The second-order valence-electron chi connectivity index (χ2n) is 8.59. The fraction of sp³-hybridized carbons (Fsp3) is 0.200. The van der Waals surface area contributed by atoms with Crippen molar-refractivity contribution in [2.24, 2.45) is 0 Å². The molecule has 10 nitrogen and oxygen atoms in total. The predicted octanol–water partition coefficient (Wildman–Crippen LogP) is 4.94. The molecule has 0 aromatic heterocycles. The molecular formula is C30H26O10. The highest BCUT2D eigenvalue weighted by Crippen LogP contribution is 2.32. The Hall–Kier alpha value is -5.12. The average Bonchev–Trinajstić information content (AvgIpc) is 2.98. The number of benzene rings is 4. The molecule has 0 saturated carbocycles. The number of carbonyl (C=O) groups excluding carboxylic acids is 4. The fourth-order valence-electron chi connectivity index (χ4n) is 4.16. The van der Waals surface area contributed by atoms with E-state index in [0.29, 0.717) is 32.7 Å². The van der Waals surface area contributed by atoms with Crippen molar-refractivity contribution >= 4 is 45.4 Å². The quantitative estimate of drug-likeness (QED) is 0.170. The van der Waals surface area contributed by atoms with Crippen LogP contribution in [0.3, 0.4) is 0 Å². The molecule has 0 saturated heterocycles. The maximum absolute atomic E-state index is 12.6. The highest BCUT2D eigenvalue weighted by molar-refractivity contribution is 6.02. The maximum Gasteiger partial charge on any atom is 0.341 e. The zero-order valence-electron chi connectivity index (χ0n) is 22.4. The normalized spacial score (nSPS) is 10.8. The van der Waals surface area contributed by atoms with Gasteiger partial charge in [-0.15, -0.1) is 0 Å². The van der Waals surface area contributed by atoms with Crippen molar-refractivity contribution in [3.8, 4) is 11.5 Å². The van der Waals surface area contributed by atoms with Crippen LogP contribution in [0.25, 0.3) is 21.5 Å².